The summed E-state index contributed by atoms with van der Waals surface area (Å²) >= 11 is 1.60. The van der Waals surface area contributed by atoms with Crippen LogP contribution in [0.15, 0.2) is 29.6 Å². The molecule has 1 amide bonds. The Bertz CT molecular complexity index is 665. The molecule has 22 heavy (non-hydrogen) atoms. The van der Waals surface area contributed by atoms with E-state index in [0.717, 1.165) is 16.3 Å². The van der Waals surface area contributed by atoms with Crippen LogP contribution in [-0.4, -0.2) is 23.0 Å². The first kappa shape index (κ1) is 16.6. The van der Waals surface area contributed by atoms with E-state index in [4.69, 9.17) is 5.73 Å². The number of aromatic nitrogens is 1. The zero-order valence-electron chi connectivity index (χ0n) is 13.5. The molecule has 2 rings (SSSR count). The van der Waals surface area contributed by atoms with Crippen LogP contribution >= 0.6 is 11.3 Å². The molecule has 1 unspecified atom stereocenters. The Kier molecular flexibility index (Phi) is 4.98. The molecule has 3 N–H and O–H groups in total. The molecule has 0 aliphatic carbocycles. The van der Waals surface area contributed by atoms with Crippen molar-refractivity contribution in [3.63, 3.8) is 0 Å². The summed E-state index contributed by atoms with van der Waals surface area (Å²) in [5.41, 5.74) is 7.91. The number of nitrogens with one attached hydrogen (secondary N) is 1. The second kappa shape index (κ2) is 6.58. The maximum Gasteiger partial charge on any atom is 0.251 e. The van der Waals surface area contributed by atoms with Crippen molar-refractivity contribution in [2.75, 3.05) is 6.54 Å². The van der Waals surface area contributed by atoms with E-state index in [1.54, 1.807) is 11.3 Å². The lowest BCUT2D eigenvalue weighted by molar-refractivity contribution is 0.0883. The number of carbonyl (C=O) groups excluding carboxylic acids is 1. The SMILES string of the molecule is Cc1nc(-c2cccc(C(=O)NC(C)(CN)C(C)C)c2)cs1. The van der Waals surface area contributed by atoms with Gasteiger partial charge in [-0.25, -0.2) is 4.98 Å². The van der Waals surface area contributed by atoms with Gasteiger partial charge in [0.05, 0.1) is 16.2 Å². The van der Waals surface area contributed by atoms with Crippen molar-refractivity contribution in [2.45, 2.75) is 33.2 Å². The zero-order chi connectivity index (χ0) is 16.3. The maximum absolute atomic E-state index is 12.5. The first-order valence-electron chi connectivity index (χ1n) is 7.41. The van der Waals surface area contributed by atoms with Crippen LogP contribution in [0.25, 0.3) is 11.3 Å². The topological polar surface area (TPSA) is 68.0 Å². The number of rotatable bonds is 5. The normalized spacial score (nSPS) is 13.9. The highest BCUT2D eigenvalue weighted by Crippen LogP contribution is 2.23. The molecule has 0 aliphatic heterocycles. The monoisotopic (exact) mass is 317 g/mol. The van der Waals surface area contributed by atoms with Crippen LogP contribution in [0.1, 0.15) is 36.1 Å². The van der Waals surface area contributed by atoms with Gasteiger partial charge in [-0.15, -0.1) is 11.3 Å². The lowest BCUT2D eigenvalue weighted by Gasteiger charge is -2.33. The molecule has 0 bridgehead atoms. The van der Waals surface area contributed by atoms with Crippen molar-refractivity contribution in [1.82, 2.24) is 10.3 Å². The third-order valence-electron chi connectivity index (χ3n) is 4.14. The van der Waals surface area contributed by atoms with E-state index in [1.165, 1.54) is 0 Å². The molecule has 0 saturated carbocycles. The number of benzene rings is 1. The van der Waals surface area contributed by atoms with Gasteiger partial charge >= 0.3 is 0 Å². The minimum absolute atomic E-state index is 0.101. The molecule has 5 heteroatoms. The summed E-state index contributed by atoms with van der Waals surface area (Å²) in [6.45, 7) is 8.47. The lowest BCUT2D eigenvalue weighted by Crippen LogP contribution is -2.55. The van der Waals surface area contributed by atoms with Crippen molar-refractivity contribution in [3.05, 3.63) is 40.2 Å². The van der Waals surface area contributed by atoms with E-state index in [9.17, 15) is 4.79 Å². The van der Waals surface area contributed by atoms with Gasteiger partial charge in [0, 0.05) is 23.1 Å². The molecular weight excluding hydrogens is 294 g/mol. The highest BCUT2D eigenvalue weighted by atomic mass is 32.1. The summed E-state index contributed by atoms with van der Waals surface area (Å²) in [4.78, 5) is 17.0. The molecule has 0 radical (unpaired) electrons. The molecule has 4 nitrogen and oxygen atoms in total. The Hall–Kier alpha value is -1.72. The second-order valence-corrected chi connectivity index (χ2v) is 7.13. The summed E-state index contributed by atoms with van der Waals surface area (Å²) in [6.07, 6.45) is 0. The third kappa shape index (κ3) is 3.54. The number of hydrogen-bond acceptors (Lipinski definition) is 4. The van der Waals surface area contributed by atoms with Gasteiger partial charge < -0.3 is 11.1 Å². The first-order chi connectivity index (χ1) is 10.4. The summed E-state index contributed by atoms with van der Waals surface area (Å²) in [7, 11) is 0. The summed E-state index contributed by atoms with van der Waals surface area (Å²) in [5.74, 6) is 0.154. The van der Waals surface area contributed by atoms with Gasteiger partial charge in [-0.05, 0) is 31.9 Å². The van der Waals surface area contributed by atoms with E-state index in [0.29, 0.717) is 12.1 Å². The lowest BCUT2D eigenvalue weighted by atomic mass is 9.88. The first-order valence-corrected chi connectivity index (χ1v) is 8.29. The average Bonchev–Trinajstić information content (AvgIpc) is 2.93. The Balaban J connectivity index is 2.24. The van der Waals surface area contributed by atoms with Gasteiger partial charge in [-0.1, -0.05) is 26.0 Å². The Morgan fingerprint density at radius 3 is 2.73 bits per heavy atom. The molecule has 0 spiro atoms. The van der Waals surface area contributed by atoms with Crippen LogP contribution < -0.4 is 11.1 Å². The Morgan fingerprint density at radius 1 is 1.45 bits per heavy atom. The van der Waals surface area contributed by atoms with Crippen LogP contribution in [-0.2, 0) is 0 Å². The van der Waals surface area contributed by atoms with Crippen molar-refractivity contribution >= 4 is 17.2 Å². The number of thiazole rings is 1. The fourth-order valence-electron chi connectivity index (χ4n) is 2.08. The number of carbonyl (C=O) groups is 1. The highest BCUT2D eigenvalue weighted by molar-refractivity contribution is 7.09. The fraction of sp³-hybridized carbons (Fsp3) is 0.412. The number of nitrogens with zero attached hydrogens (tertiary/aromatic N) is 1. The summed E-state index contributed by atoms with van der Waals surface area (Å²) in [5, 5.41) is 6.08. The number of hydrogen-bond donors (Lipinski definition) is 2. The number of amides is 1. The third-order valence-corrected chi connectivity index (χ3v) is 4.91. The molecule has 2 aromatic rings. The molecule has 0 aliphatic rings. The predicted molar refractivity (Wildman–Crippen MR) is 92.1 cm³/mol. The van der Waals surface area contributed by atoms with Crippen LogP contribution in [0, 0.1) is 12.8 Å². The van der Waals surface area contributed by atoms with Gasteiger partial charge in [0.1, 0.15) is 0 Å². The van der Waals surface area contributed by atoms with Crippen LogP contribution in [0.3, 0.4) is 0 Å². The van der Waals surface area contributed by atoms with E-state index in [1.807, 2.05) is 43.5 Å². The average molecular weight is 317 g/mol. The molecule has 0 saturated heterocycles. The predicted octanol–water partition coefficient (Wildman–Crippen LogP) is 3.22. The van der Waals surface area contributed by atoms with Crippen molar-refractivity contribution in [2.24, 2.45) is 11.7 Å². The fourth-order valence-corrected chi connectivity index (χ4v) is 2.70. The van der Waals surface area contributed by atoms with Crippen molar-refractivity contribution in [3.8, 4) is 11.3 Å². The Morgan fingerprint density at radius 2 is 2.18 bits per heavy atom. The molecule has 1 aromatic heterocycles. The summed E-state index contributed by atoms with van der Waals surface area (Å²) in [6, 6.07) is 7.54. The van der Waals surface area contributed by atoms with Gasteiger partial charge in [-0.3, -0.25) is 4.79 Å². The van der Waals surface area contributed by atoms with Gasteiger partial charge in [0.25, 0.3) is 5.91 Å². The minimum Gasteiger partial charge on any atom is -0.345 e. The number of aryl methyl sites for hydroxylation is 1. The van der Waals surface area contributed by atoms with E-state index < -0.39 is 5.54 Å². The number of nitrogens with two attached hydrogens (primary N) is 1. The Labute approximate surface area is 135 Å². The molecule has 0 fully saturated rings. The molecule has 1 atom stereocenters. The molecule has 1 heterocycles. The van der Waals surface area contributed by atoms with Crippen LogP contribution in [0.2, 0.25) is 0 Å². The van der Waals surface area contributed by atoms with Crippen molar-refractivity contribution < 1.29 is 4.79 Å². The van der Waals surface area contributed by atoms with E-state index in [-0.39, 0.29) is 11.8 Å². The standard InChI is InChI=1S/C17H23N3OS/c1-11(2)17(4,10-18)20-16(21)14-7-5-6-13(8-14)15-9-22-12(3)19-15/h5-9,11H,10,18H2,1-4H3,(H,20,21). The minimum atomic E-state index is -0.412. The molecule has 118 valence electrons. The largest absolute Gasteiger partial charge is 0.345 e. The quantitative estimate of drug-likeness (QED) is 0.889. The van der Waals surface area contributed by atoms with Gasteiger partial charge in [-0.2, -0.15) is 0 Å². The van der Waals surface area contributed by atoms with Gasteiger partial charge in [0.2, 0.25) is 0 Å². The van der Waals surface area contributed by atoms with Gasteiger partial charge in [0.15, 0.2) is 0 Å². The van der Waals surface area contributed by atoms with E-state index in [2.05, 4.69) is 24.1 Å². The summed E-state index contributed by atoms with van der Waals surface area (Å²) < 4.78 is 0. The smallest absolute Gasteiger partial charge is 0.251 e. The second-order valence-electron chi connectivity index (χ2n) is 6.06. The van der Waals surface area contributed by atoms with Crippen LogP contribution in [0.5, 0.6) is 0 Å². The molecular formula is C17H23N3OS. The van der Waals surface area contributed by atoms with E-state index >= 15 is 0 Å². The molecule has 1 aromatic carbocycles. The maximum atomic E-state index is 12.5. The zero-order valence-corrected chi connectivity index (χ0v) is 14.3. The van der Waals surface area contributed by atoms with Crippen LogP contribution in [0.4, 0.5) is 0 Å². The highest BCUT2D eigenvalue weighted by Gasteiger charge is 2.28. The van der Waals surface area contributed by atoms with Crippen molar-refractivity contribution in [1.29, 1.82) is 0 Å².